The van der Waals surface area contributed by atoms with Gasteiger partial charge < -0.3 is 10.0 Å². The van der Waals surface area contributed by atoms with Gasteiger partial charge >= 0.3 is 0 Å². The first-order chi connectivity index (χ1) is 9.00. The molecule has 104 valence electrons. The van der Waals surface area contributed by atoms with Crippen LogP contribution in [0.3, 0.4) is 0 Å². The molecule has 1 amide bonds. The van der Waals surface area contributed by atoms with E-state index in [2.05, 4.69) is 18.7 Å². The molecule has 1 saturated heterocycles. The highest BCUT2D eigenvalue weighted by atomic mass is 19.1. The molecule has 19 heavy (non-hydrogen) atoms. The van der Waals surface area contributed by atoms with Gasteiger partial charge in [-0.25, -0.2) is 4.39 Å². The maximum atomic E-state index is 13.6. The molecule has 2 rings (SSSR count). The van der Waals surface area contributed by atoms with E-state index in [1.807, 2.05) is 0 Å². The van der Waals surface area contributed by atoms with E-state index in [4.69, 9.17) is 0 Å². The van der Waals surface area contributed by atoms with Crippen LogP contribution in [0.1, 0.15) is 24.2 Å². The molecule has 1 heterocycles. The van der Waals surface area contributed by atoms with Crippen molar-refractivity contribution in [3.63, 3.8) is 0 Å². The molecule has 1 aromatic carbocycles. The fraction of sp³-hybridized carbons (Fsp3) is 0.500. The van der Waals surface area contributed by atoms with Crippen molar-refractivity contribution < 1.29 is 14.3 Å². The highest BCUT2D eigenvalue weighted by molar-refractivity contribution is 5.97. The van der Waals surface area contributed by atoms with Gasteiger partial charge in [-0.1, -0.05) is 6.07 Å². The van der Waals surface area contributed by atoms with Crippen LogP contribution in [0, 0.1) is 5.82 Å². The number of carbonyl (C=O) groups excluding carboxylic acids is 1. The number of nitrogens with zero attached hydrogens (tertiary/aromatic N) is 2. The second kappa shape index (κ2) is 5.57. The van der Waals surface area contributed by atoms with Crippen LogP contribution < -0.4 is 0 Å². The van der Waals surface area contributed by atoms with Crippen LogP contribution in [-0.2, 0) is 0 Å². The molecule has 0 spiro atoms. The highest BCUT2D eigenvalue weighted by Gasteiger charge is 2.26. The van der Waals surface area contributed by atoms with Crippen molar-refractivity contribution in [1.29, 1.82) is 0 Å². The molecule has 0 radical (unpaired) electrons. The largest absolute Gasteiger partial charge is 0.507 e. The van der Waals surface area contributed by atoms with Crippen LogP contribution in [0.2, 0.25) is 0 Å². The zero-order valence-electron chi connectivity index (χ0n) is 11.3. The van der Waals surface area contributed by atoms with Crippen molar-refractivity contribution >= 4 is 5.91 Å². The maximum absolute atomic E-state index is 13.6. The van der Waals surface area contributed by atoms with E-state index in [1.54, 1.807) is 4.90 Å². The van der Waals surface area contributed by atoms with Gasteiger partial charge in [0.25, 0.3) is 5.91 Å². The lowest BCUT2D eigenvalue weighted by Gasteiger charge is -2.37. The summed E-state index contributed by atoms with van der Waals surface area (Å²) in [6.45, 7) is 6.90. The van der Waals surface area contributed by atoms with E-state index in [-0.39, 0.29) is 11.3 Å². The monoisotopic (exact) mass is 266 g/mol. The lowest BCUT2D eigenvalue weighted by Crippen LogP contribution is -2.50. The van der Waals surface area contributed by atoms with Gasteiger partial charge in [-0.2, -0.15) is 0 Å². The Kier molecular flexibility index (Phi) is 4.04. The van der Waals surface area contributed by atoms with E-state index in [0.717, 1.165) is 13.1 Å². The number of rotatable bonds is 2. The zero-order valence-corrected chi connectivity index (χ0v) is 11.3. The van der Waals surface area contributed by atoms with E-state index in [9.17, 15) is 14.3 Å². The summed E-state index contributed by atoms with van der Waals surface area (Å²) < 4.78 is 13.6. The Morgan fingerprint density at radius 2 is 1.89 bits per heavy atom. The lowest BCUT2D eigenvalue weighted by atomic mass is 10.1. The molecule has 0 bridgehead atoms. The minimum Gasteiger partial charge on any atom is -0.507 e. The first kappa shape index (κ1) is 13.8. The van der Waals surface area contributed by atoms with Gasteiger partial charge in [-0.15, -0.1) is 0 Å². The molecule has 0 aromatic heterocycles. The Bertz CT molecular complexity index is 448. The van der Waals surface area contributed by atoms with Gasteiger partial charge in [0, 0.05) is 32.2 Å². The van der Waals surface area contributed by atoms with Crippen molar-refractivity contribution in [3.05, 3.63) is 29.6 Å². The third-order valence-corrected chi connectivity index (χ3v) is 3.54. The van der Waals surface area contributed by atoms with Gasteiger partial charge in [0.05, 0.1) is 0 Å². The fourth-order valence-corrected chi connectivity index (χ4v) is 2.32. The number of amides is 1. The number of hydrogen-bond donors (Lipinski definition) is 1. The van der Waals surface area contributed by atoms with Gasteiger partial charge in [-0.3, -0.25) is 9.69 Å². The van der Waals surface area contributed by atoms with E-state index < -0.39 is 11.7 Å². The molecule has 0 aliphatic carbocycles. The number of halogens is 1. The standard InChI is InChI=1S/C14H19FN2O2/c1-10(2)16-6-8-17(9-7-16)14(19)13-11(15)4-3-5-12(13)18/h3-5,10,18H,6-9H2,1-2H3. The van der Waals surface area contributed by atoms with E-state index in [1.165, 1.54) is 18.2 Å². The smallest absolute Gasteiger partial charge is 0.260 e. The minimum atomic E-state index is -0.670. The zero-order chi connectivity index (χ0) is 14.0. The number of carbonyl (C=O) groups is 1. The molecule has 0 atom stereocenters. The van der Waals surface area contributed by atoms with Crippen LogP contribution in [0.15, 0.2) is 18.2 Å². The summed E-state index contributed by atoms with van der Waals surface area (Å²) in [6.07, 6.45) is 0. The molecule has 1 aliphatic rings. The SMILES string of the molecule is CC(C)N1CCN(C(=O)c2c(O)cccc2F)CC1. The summed E-state index contributed by atoms with van der Waals surface area (Å²) in [4.78, 5) is 16.1. The van der Waals surface area contributed by atoms with Crippen molar-refractivity contribution in [2.24, 2.45) is 0 Å². The van der Waals surface area contributed by atoms with Crippen LogP contribution in [0.4, 0.5) is 4.39 Å². The summed E-state index contributed by atoms with van der Waals surface area (Å²) in [5.41, 5.74) is -0.222. The summed E-state index contributed by atoms with van der Waals surface area (Å²) in [7, 11) is 0. The number of hydrogen-bond acceptors (Lipinski definition) is 3. The topological polar surface area (TPSA) is 43.8 Å². The van der Waals surface area contributed by atoms with E-state index in [0.29, 0.717) is 19.1 Å². The normalized spacial score (nSPS) is 16.9. The predicted molar refractivity (Wildman–Crippen MR) is 70.7 cm³/mol. The molecule has 1 aromatic rings. The number of phenolic OH excluding ortho intramolecular Hbond substituents is 1. The average molecular weight is 266 g/mol. The molecular formula is C14H19FN2O2. The number of phenols is 1. The number of piperazine rings is 1. The number of benzene rings is 1. The first-order valence-corrected chi connectivity index (χ1v) is 6.51. The van der Waals surface area contributed by atoms with Crippen LogP contribution in [-0.4, -0.2) is 53.0 Å². The highest BCUT2D eigenvalue weighted by Crippen LogP contribution is 2.22. The third kappa shape index (κ3) is 2.87. The van der Waals surface area contributed by atoms with Gasteiger partial charge in [-0.05, 0) is 26.0 Å². The number of aromatic hydroxyl groups is 1. The van der Waals surface area contributed by atoms with Crippen molar-refractivity contribution in [3.8, 4) is 5.75 Å². The van der Waals surface area contributed by atoms with Crippen molar-refractivity contribution in [2.75, 3.05) is 26.2 Å². The van der Waals surface area contributed by atoms with Gasteiger partial charge in [0.15, 0.2) is 0 Å². The minimum absolute atomic E-state index is 0.222. The average Bonchev–Trinajstić information content (AvgIpc) is 2.38. The Hall–Kier alpha value is -1.62. The summed E-state index contributed by atoms with van der Waals surface area (Å²) in [5.74, 6) is -1.40. The lowest BCUT2D eigenvalue weighted by molar-refractivity contribution is 0.0588. The molecule has 0 unspecified atom stereocenters. The first-order valence-electron chi connectivity index (χ1n) is 6.51. The predicted octanol–water partition coefficient (Wildman–Crippen LogP) is 1.70. The molecule has 1 N–H and O–H groups in total. The second-order valence-corrected chi connectivity index (χ2v) is 5.06. The summed E-state index contributed by atoms with van der Waals surface area (Å²) in [5, 5.41) is 9.63. The molecule has 5 heteroatoms. The van der Waals surface area contributed by atoms with Crippen molar-refractivity contribution in [1.82, 2.24) is 9.80 Å². The van der Waals surface area contributed by atoms with E-state index >= 15 is 0 Å². The molecular weight excluding hydrogens is 247 g/mol. The van der Waals surface area contributed by atoms with Gasteiger partial charge in [0.2, 0.25) is 0 Å². The maximum Gasteiger partial charge on any atom is 0.260 e. The Morgan fingerprint density at radius 3 is 2.42 bits per heavy atom. The van der Waals surface area contributed by atoms with Crippen LogP contribution >= 0.6 is 0 Å². The van der Waals surface area contributed by atoms with Crippen molar-refractivity contribution in [2.45, 2.75) is 19.9 Å². The summed E-state index contributed by atoms with van der Waals surface area (Å²) >= 11 is 0. The Morgan fingerprint density at radius 1 is 1.26 bits per heavy atom. The van der Waals surface area contributed by atoms with Gasteiger partial charge in [0.1, 0.15) is 17.1 Å². The Labute approximate surface area is 112 Å². The molecule has 0 saturated carbocycles. The third-order valence-electron chi connectivity index (χ3n) is 3.54. The second-order valence-electron chi connectivity index (χ2n) is 5.06. The molecule has 1 aliphatic heterocycles. The van der Waals surface area contributed by atoms with Crippen LogP contribution in [0.5, 0.6) is 5.75 Å². The van der Waals surface area contributed by atoms with Crippen LogP contribution in [0.25, 0.3) is 0 Å². The quantitative estimate of drug-likeness (QED) is 0.886. The Balaban J connectivity index is 2.10. The fourth-order valence-electron chi connectivity index (χ4n) is 2.32. The molecule has 4 nitrogen and oxygen atoms in total. The molecule has 1 fully saturated rings. The summed E-state index contributed by atoms with van der Waals surface area (Å²) in [6, 6.07) is 4.36.